The quantitative estimate of drug-likeness (QED) is 0.785. The maximum Gasteiger partial charge on any atom is 0.319 e. The van der Waals surface area contributed by atoms with Gasteiger partial charge in [0.05, 0.1) is 13.2 Å². The Balaban J connectivity index is 2.23. The van der Waals surface area contributed by atoms with E-state index in [4.69, 9.17) is 4.74 Å². The molecule has 0 aromatic rings. The first-order valence-corrected chi connectivity index (χ1v) is 6.95. The number of ether oxygens (including phenoxy) is 1. The van der Waals surface area contributed by atoms with E-state index in [0.29, 0.717) is 12.5 Å². The van der Waals surface area contributed by atoms with Gasteiger partial charge in [-0.05, 0) is 24.7 Å². The number of carboxylic acids is 1. The average Bonchev–Trinajstić information content (AvgIpc) is 2.39. The number of aliphatic carboxylic acids is 1. The van der Waals surface area contributed by atoms with Crippen molar-refractivity contribution in [2.45, 2.75) is 45.4 Å². The van der Waals surface area contributed by atoms with Crippen molar-refractivity contribution in [1.29, 1.82) is 0 Å². The average molecular weight is 254 g/mol. The molecule has 1 saturated carbocycles. The Morgan fingerprint density at radius 3 is 2.89 bits per heavy atom. The monoisotopic (exact) mass is 254 g/mol. The Kier molecular flexibility index (Phi) is 4.05. The number of ketones is 1. The third kappa shape index (κ3) is 2.18. The highest BCUT2D eigenvalue weighted by molar-refractivity contribution is 6.04. The van der Waals surface area contributed by atoms with Crippen LogP contribution in [0.25, 0.3) is 0 Å². The molecular formula is C14H22O4. The predicted octanol–water partition coefficient (Wildman–Crippen LogP) is 2.26. The van der Waals surface area contributed by atoms with E-state index in [1.807, 2.05) is 0 Å². The molecule has 1 saturated heterocycles. The highest BCUT2D eigenvalue weighted by Crippen LogP contribution is 2.44. The van der Waals surface area contributed by atoms with Crippen LogP contribution in [-0.4, -0.2) is 30.1 Å². The molecule has 2 rings (SSSR count). The van der Waals surface area contributed by atoms with Gasteiger partial charge in [0.2, 0.25) is 0 Å². The van der Waals surface area contributed by atoms with Gasteiger partial charge in [0.1, 0.15) is 0 Å². The van der Waals surface area contributed by atoms with Gasteiger partial charge < -0.3 is 9.84 Å². The van der Waals surface area contributed by atoms with E-state index in [1.165, 1.54) is 0 Å². The van der Waals surface area contributed by atoms with Crippen molar-refractivity contribution in [2.24, 2.45) is 17.3 Å². The summed E-state index contributed by atoms with van der Waals surface area (Å²) in [6.45, 7) is 2.58. The molecular weight excluding hydrogens is 232 g/mol. The molecule has 1 N–H and O–H groups in total. The van der Waals surface area contributed by atoms with Crippen LogP contribution in [0.4, 0.5) is 0 Å². The van der Waals surface area contributed by atoms with Gasteiger partial charge in [-0.25, -0.2) is 0 Å². The summed E-state index contributed by atoms with van der Waals surface area (Å²) >= 11 is 0. The lowest BCUT2D eigenvalue weighted by Gasteiger charge is -2.42. The summed E-state index contributed by atoms with van der Waals surface area (Å²) in [7, 11) is 0. The summed E-state index contributed by atoms with van der Waals surface area (Å²) in [6, 6.07) is 0. The van der Waals surface area contributed by atoms with Crippen molar-refractivity contribution >= 4 is 11.8 Å². The molecule has 0 radical (unpaired) electrons. The van der Waals surface area contributed by atoms with Crippen molar-refractivity contribution in [1.82, 2.24) is 0 Å². The minimum Gasteiger partial charge on any atom is -0.480 e. The highest BCUT2D eigenvalue weighted by atomic mass is 16.5. The Bertz CT molecular complexity index is 339. The van der Waals surface area contributed by atoms with Gasteiger partial charge in [-0.1, -0.05) is 26.2 Å². The van der Waals surface area contributed by atoms with Crippen molar-refractivity contribution in [3.63, 3.8) is 0 Å². The van der Waals surface area contributed by atoms with Crippen LogP contribution in [0.15, 0.2) is 0 Å². The second-order valence-electron chi connectivity index (χ2n) is 5.64. The molecule has 1 heterocycles. The van der Waals surface area contributed by atoms with E-state index in [9.17, 15) is 14.7 Å². The number of carbonyl (C=O) groups excluding carboxylic acids is 1. The van der Waals surface area contributed by atoms with Crippen LogP contribution in [0.5, 0.6) is 0 Å². The lowest BCUT2D eigenvalue weighted by molar-refractivity contribution is -0.172. The smallest absolute Gasteiger partial charge is 0.319 e. The molecule has 1 aliphatic carbocycles. The molecule has 0 bridgehead atoms. The summed E-state index contributed by atoms with van der Waals surface area (Å²) in [5.74, 6) is -0.576. The molecule has 0 aromatic carbocycles. The van der Waals surface area contributed by atoms with Crippen LogP contribution in [0.3, 0.4) is 0 Å². The molecule has 2 aliphatic rings. The van der Waals surface area contributed by atoms with Gasteiger partial charge in [-0.2, -0.15) is 0 Å². The molecule has 0 aromatic heterocycles. The summed E-state index contributed by atoms with van der Waals surface area (Å²) < 4.78 is 5.34. The van der Waals surface area contributed by atoms with E-state index in [0.717, 1.165) is 32.1 Å². The number of hydrogen-bond donors (Lipinski definition) is 1. The second kappa shape index (κ2) is 5.39. The number of rotatable bonds is 3. The van der Waals surface area contributed by atoms with Gasteiger partial charge in [-0.15, -0.1) is 0 Å². The maximum absolute atomic E-state index is 12.2. The first-order chi connectivity index (χ1) is 8.61. The van der Waals surface area contributed by atoms with Gasteiger partial charge in [0.15, 0.2) is 11.2 Å². The molecule has 3 unspecified atom stereocenters. The molecule has 2 fully saturated rings. The van der Waals surface area contributed by atoms with Crippen molar-refractivity contribution < 1.29 is 19.4 Å². The second-order valence-corrected chi connectivity index (χ2v) is 5.64. The first kappa shape index (κ1) is 13.5. The number of hydrogen-bond acceptors (Lipinski definition) is 3. The van der Waals surface area contributed by atoms with E-state index < -0.39 is 11.4 Å². The van der Waals surface area contributed by atoms with Crippen molar-refractivity contribution in [3.05, 3.63) is 0 Å². The Morgan fingerprint density at radius 2 is 2.28 bits per heavy atom. The van der Waals surface area contributed by atoms with Crippen LogP contribution >= 0.6 is 0 Å². The molecule has 0 spiro atoms. The predicted molar refractivity (Wildman–Crippen MR) is 66.3 cm³/mol. The van der Waals surface area contributed by atoms with Crippen molar-refractivity contribution in [2.75, 3.05) is 13.2 Å². The zero-order valence-corrected chi connectivity index (χ0v) is 11.0. The van der Waals surface area contributed by atoms with Gasteiger partial charge in [0, 0.05) is 6.42 Å². The SMILES string of the molecule is CCC1CCCC(C2(C(=O)O)COCCC2=O)C1. The minimum atomic E-state index is -1.26. The standard InChI is InChI=1S/C14H22O4/c1-2-10-4-3-5-11(8-10)14(13(16)17)9-18-7-6-12(14)15/h10-11H,2-9H2,1H3,(H,16,17). The zero-order valence-electron chi connectivity index (χ0n) is 11.0. The summed E-state index contributed by atoms with van der Waals surface area (Å²) in [5, 5.41) is 9.57. The number of carboxylic acid groups (broad SMARTS) is 1. The van der Waals surface area contributed by atoms with E-state index in [2.05, 4.69) is 6.92 Å². The van der Waals surface area contributed by atoms with Gasteiger partial charge >= 0.3 is 5.97 Å². The highest BCUT2D eigenvalue weighted by Gasteiger charge is 2.54. The fourth-order valence-corrected chi connectivity index (χ4v) is 3.51. The fraction of sp³-hybridized carbons (Fsp3) is 0.857. The molecule has 3 atom stereocenters. The lowest BCUT2D eigenvalue weighted by Crippen LogP contribution is -2.53. The third-order valence-electron chi connectivity index (χ3n) is 4.74. The molecule has 1 aliphatic heterocycles. The Hall–Kier alpha value is -0.900. The summed E-state index contributed by atoms with van der Waals surface area (Å²) in [6.07, 6.45) is 5.22. The zero-order chi connectivity index (χ0) is 13.2. The molecule has 18 heavy (non-hydrogen) atoms. The topological polar surface area (TPSA) is 63.6 Å². The normalized spacial score (nSPS) is 37.5. The minimum absolute atomic E-state index is 0.0403. The summed E-state index contributed by atoms with van der Waals surface area (Å²) in [5.41, 5.74) is -1.26. The van der Waals surface area contributed by atoms with Crippen LogP contribution in [0.2, 0.25) is 0 Å². The molecule has 4 heteroatoms. The number of carbonyl (C=O) groups is 2. The maximum atomic E-state index is 12.2. The molecule has 4 nitrogen and oxygen atoms in total. The lowest BCUT2D eigenvalue weighted by atomic mass is 9.63. The van der Waals surface area contributed by atoms with Gasteiger partial charge in [0.25, 0.3) is 0 Å². The fourth-order valence-electron chi connectivity index (χ4n) is 3.51. The van der Waals surface area contributed by atoms with Crippen molar-refractivity contribution in [3.8, 4) is 0 Å². The Labute approximate surface area is 108 Å². The number of Topliss-reactive ketones (excluding diaryl/α,β-unsaturated/α-hetero) is 1. The first-order valence-electron chi connectivity index (χ1n) is 6.95. The Morgan fingerprint density at radius 1 is 1.50 bits per heavy atom. The molecule has 0 amide bonds. The van der Waals surface area contributed by atoms with E-state index in [-0.39, 0.29) is 24.7 Å². The molecule has 102 valence electrons. The largest absolute Gasteiger partial charge is 0.480 e. The summed E-state index contributed by atoms with van der Waals surface area (Å²) in [4.78, 5) is 23.9. The van der Waals surface area contributed by atoms with E-state index >= 15 is 0 Å². The van der Waals surface area contributed by atoms with Crippen LogP contribution in [-0.2, 0) is 14.3 Å². The third-order valence-corrected chi connectivity index (χ3v) is 4.74. The van der Waals surface area contributed by atoms with Gasteiger partial charge in [-0.3, -0.25) is 9.59 Å². The van der Waals surface area contributed by atoms with Crippen LogP contribution < -0.4 is 0 Å². The van der Waals surface area contributed by atoms with Crippen LogP contribution in [0.1, 0.15) is 45.4 Å². The van der Waals surface area contributed by atoms with Crippen LogP contribution in [0, 0.1) is 17.3 Å². The van der Waals surface area contributed by atoms with E-state index in [1.54, 1.807) is 0 Å².